The van der Waals surface area contributed by atoms with Gasteiger partial charge in [0.1, 0.15) is 10.6 Å². The molecule has 5 nitrogen and oxygen atoms in total. The van der Waals surface area contributed by atoms with Crippen LogP contribution in [0.2, 0.25) is 0 Å². The van der Waals surface area contributed by atoms with E-state index in [2.05, 4.69) is 0 Å². The first kappa shape index (κ1) is 15.1. The molecule has 2 rings (SSSR count). The average molecular weight is 298 g/mol. The first-order chi connectivity index (χ1) is 9.37. The Morgan fingerprint density at radius 1 is 1.25 bits per heavy atom. The summed E-state index contributed by atoms with van der Waals surface area (Å²) in [6, 6.07) is 4.71. The highest BCUT2D eigenvalue weighted by Gasteiger charge is 2.36. The molecule has 0 unspecified atom stereocenters. The highest BCUT2D eigenvalue weighted by molar-refractivity contribution is 7.89. The molecule has 1 heterocycles. The standard InChI is InChI=1S/C14H22N2O3S/c1-10-5-4-6-11(2)16(10)20(17,18)14-8-7-12(19-3)9-13(14)15/h7-11H,4-6,15H2,1-3H3/t10-,11+. The van der Waals surface area contributed by atoms with Crippen LogP contribution in [0.5, 0.6) is 5.75 Å². The number of benzene rings is 1. The number of nitrogens with zero attached hydrogens (tertiary/aromatic N) is 1. The van der Waals surface area contributed by atoms with Gasteiger partial charge in [-0.2, -0.15) is 4.31 Å². The molecular weight excluding hydrogens is 276 g/mol. The van der Waals surface area contributed by atoms with Gasteiger partial charge in [-0.15, -0.1) is 0 Å². The number of rotatable bonds is 3. The van der Waals surface area contributed by atoms with E-state index in [0.29, 0.717) is 5.75 Å². The Morgan fingerprint density at radius 2 is 1.85 bits per heavy atom. The number of ether oxygens (including phenoxy) is 1. The van der Waals surface area contributed by atoms with Gasteiger partial charge in [0.2, 0.25) is 10.0 Å². The fraction of sp³-hybridized carbons (Fsp3) is 0.571. The minimum atomic E-state index is -3.56. The second-order valence-electron chi connectivity index (χ2n) is 5.37. The van der Waals surface area contributed by atoms with Gasteiger partial charge in [-0.1, -0.05) is 6.42 Å². The number of hydrogen-bond acceptors (Lipinski definition) is 4. The molecule has 1 aliphatic heterocycles. The fourth-order valence-corrected chi connectivity index (χ4v) is 4.86. The van der Waals surface area contributed by atoms with Crippen LogP contribution in [-0.2, 0) is 10.0 Å². The van der Waals surface area contributed by atoms with Crippen molar-refractivity contribution in [1.82, 2.24) is 4.31 Å². The van der Waals surface area contributed by atoms with Gasteiger partial charge in [0.05, 0.1) is 12.8 Å². The van der Waals surface area contributed by atoms with E-state index in [0.717, 1.165) is 19.3 Å². The highest BCUT2D eigenvalue weighted by Crippen LogP contribution is 2.33. The molecule has 0 amide bonds. The van der Waals surface area contributed by atoms with E-state index < -0.39 is 10.0 Å². The summed E-state index contributed by atoms with van der Waals surface area (Å²) >= 11 is 0. The van der Waals surface area contributed by atoms with Gasteiger partial charge in [0, 0.05) is 18.2 Å². The largest absolute Gasteiger partial charge is 0.497 e. The van der Waals surface area contributed by atoms with E-state index in [9.17, 15) is 8.42 Å². The maximum Gasteiger partial charge on any atom is 0.245 e. The molecule has 0 radical (unpaired) electrons. The number of methoxy groups -OCH3 is 1. The van der Waals surface area contributed by atoms with Gasteiger partial charge in [-0.05, 0) is 38.8 Å². The van der Waals surface area contributed by atoms with Gasteiger partial charge >= 0.3 is 0 Å². The molecule has 1 aliphatic rings. The molecule has 0 aromatic heterocycles. The van der Waals surface area contributed by atoms with E-state index in [1.54, 1.807) is 16.4 Å². The summed E-state index contributed by atoms with van der Waals surface area (Å²) in [5.74, 6) is 0.557. The van der Waals surface area contributed by atoms with E-state index in [1.165, 1.54) is 13.2 Å². The molecule has 1 aromatic carbocycles. The quantitative estimate of drug-likeness (QED) is 0.869. The van der Waals surface area contributed by atoms with Crippen molar-refractivity contribution in [2.75, 3.05) is 12.8 Å². The molecule has 1 fully saturated rings. The zero-order valence-electron chi connectivity index (χ0n) is 12.2. The molecule has 2 atom stereocenters. The van der Waals surface area contributed by atoms with Crippen molar-refractivity contribution in [2.45, 2.75) is 50.1 Å². The molecule has 1 aromatic rings. The van der Waals surface area contributed by atoms with Gasteiger partial charge in [-0.3, -0.25) is 0 Å². The summed E-state index contributed by atoms with van der Waals surface area (Å²) in [4.78, 5) is 0.166. The number of hydrogen-bond donors (Lipinski definition) is 1. The minimum absolute atomic E-state index is 0.00486. The molecule has 112 valence electrons. The summed E-state index contributed by atoms with van der Waals surface area (Å²) < 4.78 is 32.3. The fourth-order valence-electron chi connectivity index (χ4n) is 2.87. The average Bonchev–Trinajstić information content (AvgIpc) is 2.37. The third kappa shape index (κ3) is 2.62. The maximum absolute atomic E-state index is 12.8. The number of sulfonamides is 1. The summed E-state index contributed by atoms with van der Waals surface area (Å²) in [5.41, 5.74) is 6.13. The van der Waals surface area contributed by atoms with Gasteiger partial charge < -0.3 is 10.5 Å². The molecule has 0 aliphatic carbocycles. The third-order valence-corrected chi connectivity index (χ3v) is 6.09. The van der Waals surface area contributed by atoms with E-state index >= 15 is 0 Å². The van der Waals surface area contributed by atoms with Crippen LogP contribution >= 0.6 is 0 Å². The van der Waals surface area contributed by atoms with Crippen molar-refractivity contribution >= 4 is 15.7 Å². The van der Waals surface area contributed by atoms with Crippen LogP contribution in [0.15, 0.2) is 23.1 Å². The summed E-state index contributed by atoms with van der Waals surface area (Å²) in [5, 5.41) is 0. The molecule has 0 saturated carbocycles. The molecule has 0 spiro atoms. The molecule has 6 heteroatoms. The highest BCUT2D eigenvalue weighted by atomic mass is 32.2. The van der Waals surface area contributed by atoms with Crippen LogP contribution in [-0.4, -0.2) is 31.9 Å². The van der Waals surface area contributed by atoms with Crippen LogP contribution in [0.3, 0.4) is 0 Å². The van der Waals surface area contributed by atoms with Crippen LogP contribution in [0.1, 0.15) is 33.1 Å². The zero-order valence-corrected chi connectivity index (χ0v) is 13.0. The van der Waals surface area contributed by atoms with Gasteiger partial charge in [0.25, 0.3) is 0 Å². The SMILES string of the molecule is COc1ccc(S(=O)(=O)N2[C@H](C)CCC[C@@H]2C)c(N)c1. The van der Waals surface area contributed by atoms with Crippen LogP contribution in [0.4, 0.5) is 5.69 Å². The van der Waals surface area contributed by atoms with E-state index in [4.69, 9.17) is 10.5 Å². The van der Waals surface area contributed by atoms with Gasteiger partial charge in [0.15, 0.2) is 0 Å². The number of anilines is 1. The molecule has 20 heavy (non-hydrogen) atoms. The van der Waals surface area contributed by atoms with E-state index in [1.807, 2.05) is 13.8 Å². The first-order valence-electron chi connectivity index (χ1n) is 6.85. The second kappa shape index (κ2) is 5.61. The lowest BCUT2D eigenvalue weighted by atomic mass is 10.0. The third-order valence-electron chi connectivity index (χ3n) is 3.89. The Labute approximate surface area is 120 Å². The summed E-state index contributed by atoms with van der Waals surface area (Å²) in [6.07, 6.45) is 2.84. The normalized spacial score (nSPS) is 24.6. The van der Waals surface area contributed by atoms with Gasteiger partial charge in [-0.25, -0.2) is 8.42 Å². The molecule has 1 saturated heterocycles. The number of piperidine rings is 1. The second-order valence-corrected chi connectivity index (χ2v) is 7.18. The Hall–Kier alpha value is -1.27. The smallest absolute Gasteiger partial charge is 0.245 e. The number of nitrogens with two attached hydrogens (primary N) is 1. The topological polar surface area (TPSA) is 72.6 Å². The molecular formula is C14H22N2O3S. The van der Waals surface area contributed by atoms with Crippen molar-refractivity contribution in [3.05, 3.63) is 18.2 Å². The minimum Gasteiger partial charge on any atom is -0.497 e. The van der Waals surface area contributed by atoms with Crippen LogP contribution < -0.4 is 10.5 Å². The predicted molar refractivity (Wildman–Crippen MR) is 79.2 cm³/mol. The molecule has 2 N–H and O–H groups in total. The monoisotopic (exact) mass is 298 g/mol. The van der Waals surface area contributed by atoms with E-state index in [-0.39, 0.29) is 22.7 Å². The first-order valence-corrected chi connectivity index (χ1v) is 8.29. The lowest BCUT2D eigenvalue weighted by molar-refractivity contribution is 0.204. The van der Waals surface area contributed by atoms with Crippen LogP contribution in [0, 0.1) is 0 Å². The summed E-state index contributed by atoms with van der Waals surface area (Å²) in [7, 11) is -2.04. The van der Waals surface area contributed by atoms with Crippen molar-refractivity contribution in [2.24, 2.45) is 0 Å². The van der Waals surface area contributed by atoms with Crippen molar-refractivity contribution < 1.29 is 13.2 Å². The van der Waals surface area contributed by atoms with Crippen molar-refractivity contribution in [1.29, 1.82) is 0 Å². The lowest BCUT2D eigenvalue weighted by Crippen LogP contribution is -2.47. The Morgan fingerprint density at radius 3 is 2.35 bits per heavy atom. The van der Waals surface area contributed by atoms with Crippen molar-refractivity contribution in [3.8, 4) is 5.75 Å². The summed E-state index contributed by atoms with van der Waals surface area (Å²) in [6.45, 7) is 3.90. The lowest BCUT2D eigenvalue weighted by Gasteiger charge is -2.37. The van der Waals surface area contributed by atoms with Crippen LogP contribution in [0.25, 0.3) is 0 Å². The number of nitrogen functional groups attached to an aromatic ring is 1. The van der Waals surface area contributed by atoms with Crippen molar-refractivity contribution in [3.63, 3.8) is 0 Å². The molecule has 0 bridgehead atoms. The zero-order chi connectivity index (χ0) is 14.9. The maximum atomic E-state index is 12.8. The Kier molecular flexibility index (Phi) is 4.25. The Bertz CT molecular complexity index is 576. The Balaban J connectivity index is 2.44. The predicted octanol–water partition coefficient (Wildman–Crippen LogP) is 2.23.